The van der Waals surface area contributed by atoms with E-state index in [1.54, 1.807) is 31.2 Å². The van der Waals surface area contributed by atoms with Crippen LogP contribution in [0, 0.1) is 5.92 Å². The number of carbonyl (C=O) groups excluding carboxylic acids is 1. The highest BCUT2D eigenvalue weighted by Gasteiger charge is 2.39. The van der Waals surface area contributed by atoms with Gasteiger partial charge in [0.1, 0.15) is 5.75 Å². The number of carbonyl (C=O) groups is 1. The molecule has 4 nitrogen and oxygen atoms in total. The van der Waals surface area contributed by atoms with Gasteiger partial charge in [-0.3, -0.25) is 4.79 Å². The van der Waals surface area contributed by atoms with Gasteiger partial charge in [-0.1, -0.05) is 0 Å². The Bertz CT molecular complexity index is 461. The number of hydrogen-bond donors (Lipinski definition) is 2. The fourth-order valence-corrected chi connectivity index (χ4v) is 2.17. The lowest BCUT2D eigenvalue weighted by Crippen LogP contribution is -2.42. The molecule has 1 aliphatic rings. The van der Waals surface area contributed by atoms with Crippen LogP contribution in [0.3, 0.4) is 0 Å². The predicted molar refractivity (Wildman–Crippen MR) is 77.9 cm³/mol. The lowest BCUT2D eigenvalue weighted by molar-refractivity contribution is 0.0354. The van der Waals surface area contributed by atoms with Crippen LogP contribution in [0.2, 0.25) is 0 Å². The molecule has 0 saturated heterocycles. The average Bonchev–Trinajstić information content (AvgIpc) is 3.21. The largest absolute Gasteiger partial charge is 0.491 e. The van der Waals surface area contributed by atoms with Crippen LogP contribution in [-0.2, 0) is 0 Å². The summed E-state index contributed by atoms with van der Waals surface area (Å²) >= 11 is 0. The Kier molecular flexibility index (Phi) is 4.33. The van der Waals surface area contributed by atoms with Crippen LogP contribution < -0.4 is 10.1 Å². The Labute approximate surface area is 120 Å². The minimum atomic E-state index is -0.795. The fraction of sp³-hybridized carbons (Fsp3) is 0.562. The summed E-state index contributed by atoms with van der Waals surface area (Å²) in [5, 5.41) is 12.9. The number of ether oxygens (including phenoxy) is 1. The minimum absolute atomic E-state index is 0.114. The molecular formula is C16H23NO3. The van der Waals surface area contributed by atoms with E-state index in [4.69, 9.17) is 4.74 Å². The molecule has 0 heterocycles. The van der Waals surface area contributed by atoms with Crippen molar-refractivity contribution in [3.05, 3.63) is 29.8 Å². The second kappa shape index (κ2) is 5.83. The van der Waals surface area contributed by atoms with Crippen molar-refractivity contribution in [2.75, 3.05) is 6.54 Å². The third-order valence-corrected chi connectivity index (χ3v) is 3.55. The van der Waals surface area contributed by atoms with Crippen molar-refractivity contribution in [1.29, 1.82) is 0 Å². The van der Waals surface area contributed by atoms with Gasteiger partial charge >= 0.3 is 0 Å². The van der Waals surface area contributed by atoms with Crippen LogP contribution in [0.4, 0.5) is 0 Å². The van der Waals surface area contributed by atoms with Crippen molar-refractivity contribution in [2.24, 2.45) is 5.92 Å². The zero-order valence-corrected chi connectivity index (χ0v) is 12.3. The highest BCUT2D eigenvalue weighted by Crippen LogP contribution is 2.39. The maximum atomic E-state index is 12.0. The number of amides is 1. The molecule has 1 atom stereocenters. The standard InChI is InChI=1S/C16H23NO3/c1-11(2)20-14-8-4-12(5-9-14)15(18)17-10-16(3,19)13-6-7-13/h4-5,8-9,11,13,19H,6-7,10H2,1-3H3,(H,17,18). The van der Waals surface area contributed by atoms with Gasteiger partial charge in [0.2, 0.25) is 0 Å². The summed E-state index contributed by atoms with van der Waals surface area (Å²) in [5.41, 5.74) is -0.219. The Morgan fingerprint density at radius 1 is 1.40 bits per heavy atom. The Morgan fingerprint density at radius 3 is 2.50 bits per heavy atom. The van der Waals surface area contributed by atoms with E-state index < -0.39 is 5.60 Å². The van der Waals surface area contributed by atoms with E-state index in [1.165, 1.54) is 0 Å². The van der Waals surface area contributed by atoms with Crippen LogP contribution in [0.25, 0.3) is 0 Å². The molecule has 2 rings (SSSR count). The van der Waals surface area contributed by atoms with Gasteiger partial charge in [0, 0.05) is 12.1 Å². The first-order valence-electron chi connectivity index (χ1n) is 7.16. The normalized spacial score (nSPS) is 17.6. The lowest BCUT2D eigenvalue weighted by atomic mass is 10.0. The van der Waals surface area contributed by atoms with E-state index >= 15 is 0 Å². The van der Waals surface area contributed by atoms with Crippen LogP contribution in [0.15, 0.2) is 24.3 Å². The van der Waals surface area contributed by atoms with Gasteiger partial charge in [-0.2, -0.15) is 0 Å². The van der Waals surface area contributed by atoms with Crippen molar-refractivity contribution in [2.45, 2.75) is 45.3 Å². The molecule has 0 bridgehead atoms. The second-order valence-electron chi connectivity index (χ2n) is 6.01. The first kappa shape index (κ1) is 14.9. The minimum Gasteiger partial charge on any atom is -0.491 e. The van der Waals surface area contributed by atoms with E-state index in [0.717, 1.165) is 18.6 Å². The van der Waals surface area contributed by atoms with Crippen LogP contribution >= 0.6 is 0 Å². The number of rotatable bonds is 6. The number of aliphatic hydroxyl groups is 1. The van der Waals surface area contributed by atoms with Crippen molar-refractivity contribution < 1.29 is 14.6 Å². The Hall–Kier alpha value is -1.55. The second-order valence-corrected chi connectivity index (χ2v) is 6.01. The Morgan fingerprint density at radius 2 is 2.00 bits per heavy atom. The number of nitrogens with one attached hydrogen (secondary N) is 1. The van der Waals surface area contributed by atoms with Crippen molar-refractivity contribution in [3.8, 4) is 5.75 Å². The summed E-state index contributed by atoms with van der Waals surface area (Å²) in [5.74, 6) is 0.910. The third-order valence-electron chi connectivity index (χ3n) is 3.55. The summed E-state index contributed by atoms with van der Waals surface area (Å²) < 4.78 is 5.53. The molecule has 4 heteroatoms. The number of hydrogen-bond acceptors (Lipinski definition) is 3. The van der Waals surface area contributed by atoms with Gasteiger partial charge in [-0.05, 0) is 63.8 Å². The van der Waals surface area contributed by atoms with Gasteiger partial charge in [-0.15, -0.1) is 0 Å². The molecule has 2 N–H and O–H groups in total. The van der Waals surface area contributed by atoms with Crippen LogP contribution in [0.5, 0.6) is 5.75 Å². The summed E-state index contributed by atoms with van der Waals surface area (Å²) in [7, 11) is 0. The summed E-state index contributed by atoms with van der Waals surface area (Å²) in [6.07, 6.45) is 2.21. The van der Waals surface area contributed by atoms with Crippen LogP contribution in [-0.4, -0.2) is 29.3 Å². The Balaban J connectivity index is 1.88. The smallest absolute Gasteiger partial charge is 0.251 e. The molecule has 110 valence electrons. The highest BCUT2D eigenvalue weighted by atomic mass is 16.5. The van der Waals surface area contributed by atoms with E-state index in [-0.39, 0.29) is 12.0 Å². The molecule has 1 saturated carbocycles. The van der Waals surface area contributed by atoms with E-state index in [0.29, 0.717) is 18.0 Å². The molecule has 1 aliphatic carbocycles. The maximum Gasteiger partial charge on any atom is 0.251 e. The van der Waals surface area contributed by atoms with Crippen molar-refractivity contribution in [3.63, 3.8) is 0 Å². The first-order chi connectivity index (χ1) is 9.38. The lowest BCUT2D eigenvalue weighted by Gasteiger charge is -2.23. The topological polar surface area (TPSA) is 58.6 Å². The molecule has 0 aromatic heterocycles. The van der Waals surface area contributed by atoms with Crippen LogP contribution in [0.1, 0.15) is 44.0 Å². The summed E-state index contributed by atoms with van der Waals surface area (Å²) in [6.45, 7) is 5.99. The third kappa shape index (κ3) is 3.97. The first-order valence-corrected chi connectivity index (χ1v) is 7.16. The van der Waals surface area contributed by atoms with E-state index in [2.05, 4.69) is 5.32 Å². The molecule has 1 amide bonds. The van der Waals surface area contributed by atoms with Gasteiger partial charge in [0.15, 0.2) is 0 Å². The summed E-state index contributed by atoms with van der Waals surface area (Å²) in [6, 6.07) is 7.04. The van der Waals surface area contributed by atoms with Gasteiger partial charge in [-0.25, -0.2) is 0 Å². The van der Waals surface area contributed by atoms with Crippen molar-refractivity contribution >= 4 is 5.91 Å². The molecule has 20 heavy (non-hydrogen) atoms. The average molecular weight is 277 g/mol. The molecule has 0 radical (unpaired) electrons. The molecule has 1 aromatic carbocycles. The molecule has 1 unspecified atom stereocenters. The maximum absolute atomic E-state index is 12.0. The molecule has 1 fully saturated rings. The molecule has 0 aliphatic heterocycles. The van der Waals surface area contributed by atoms with E-state index in [9.17, 15) is 9.90 Å². The number of benzene rings is 1. The van der Waals surface area contributed by atoms with E-state index in [1.807, 2.05) is 13.8 Å². The van der Waals surface area contributed by atoms with Gasteiger partial charge in [0.05, 0.1) is 11.7 Å². The zero-order valence-electron chi connectivity index (χ0n) is 12.3. The SMILES string of the molecule is CC(C)Oc1ccc(C(=O)NCC(C)(O)C2CC2)cc1. The fourth-order valence-electron chi connectivity index (χ4n) is 2.17. The monoisotopic (exact) mass is 277 g/mol. The molecule has 1 aromatic rings. The van der Waals surface area contributed by atoms with Gasteiger partial charge in [0.25, 0.3) is 5.91 Å². The van der Waals surface area contributed by atoms with Gasteiger partial charge < -0.3 is 15.2 Å². The zero-order chi connectivity index (χ0) is 14.8. The molecule has 0 spiro atoms. The highest BCUT2D eigenvalue weighted by molar-refractivity contribution is 5.94. The molecular weight excluding hydrogens is 254 g/mol. The quantitative estimate of drug-likeness (QED) is 0.839. The summed E-state index contributed by atoms with van der Waals surface area (Å²) in [4.78, 5) is 12.0. The predicted octanol–water partition coefficient (Wildman–Crippen LogP) is 2.36. The van der Waals surface area contributed by atoms with Crippen molar-refractivity contribution in [1.82, 2.24) is 5.32 Å².